The Labute approximate surface area is 114 Å². The summed E-state index contributed by atoms with van der Waals surface area (Å²) in [5.74, 6) is -1.28. The first-order valence-electron chi connectivity index (χ1n) is 6.62. The van der Waals surface area contributed by atoms with Gasteiger partial charge in [-0.15, -0.1) is 0 Å². The molecule has 1 saturated heterocycles. The highest BCUT2D eigenvalue weighted by Gasteiger charge is 2.34. The van der Waals surface area contributed by atoms with Crippen LogP contribution in [-0.4, -0.2) is 12.7 Å². The summed E-state index contributed by atoms with van der Waals surface area (Å²) in [6.07, 6.45) is -1.23. The van der Waals surface area contributed by atoms with Gasteiger partial charge in [-0.25, -0.2) is 4.39 Å². The van der Waals surface area contributed by atoms with E-state index in [1.165, 1.54) is 6.07 Å². The van der Waals surface area contributed by atoms with Crippen LogP contribution in [0.25, 0.3) is 0 Å². The van der Waals surface area contributed by atoms with Crippen molar-refractivity contribution in [3.63, 3.8) is 0 Å². The molecule has 0 aromatic heterocycles. The average Bonchev–Trinajstić information content (AvgIpc) is 2.38. The second-order valence-corrected chi connectivity index (χ2v) is 5.07. The molecular weight excluding hydrogens is 274 g/mol. The van der Waals surface area contributed by atoms with Crippen LogP contribution in [0.4, 0.5) is 17.6 Å². The Morgan fingerprint density at radius 1 is 1.30 bits per heavy atom. The molecule has 2 atom stereocenters. The molecule has 1 fully saturated rings. The lowest BCUT2D eigenvalue weighted by molar-refractivity contribution is -0.140. The van der Waals surface area contributed by atoms with Gasteiger partial charge in [0.05, 0.1) is 11.7 Å². The molecule has 1 aliphatic heterocycles. The maximum atomic E-state index is 13.5. The highest BCUT2D eigenvalue weighted by Crippen LogP contribution is 2.33. The van der Waals surface area contributed by atoms with Crippen molar-refractivity contribution in [3.05, 3.63) is 35.1 Å². The van der Waals surface area contributed by atoms with Gasteiger partial charge in [-0.3, -0.25) is 0 Å². The number of rotatable bonds is 3. The number of halogens is 4. The fourth-order valence-electron chi connectivity index (χ4n) is 2.40. The third-order valence-electron chi connectivity index (χ3n) is 3.52. The highest BCUT2D eigenvalue weighted by atomic mass is 19.4. The summed E-state index contributed by atoms with van der Waals surface area (Å²) in [5.41, 5.74) is 5.03. The first kappa shape index (κ1) is 15.3. The van der Waals surface area contributed by atoms with Crippen LogP contribution in [0, 0.1) is 5.82 Å². The fourth-order valence-corrected chi connectivity index (χ4v) is 2.40. The standard InChI is InChI=1S/C14H17F4NO/c15-12-7-9(4-5-11(12)14(16,17)18)13(19)8-10-3-1-2-6-20-10/h4-5,7,10,13H,1-3,6,8,19H2. The van der Waals surface area contributed by atoms with Crippen LogP contribution in [0.15, 0.2) is 18.2 Å². The van der Waals surface area contributed by atoms with Gasteiger partial charge in [0.15, 0.2) is 0 Å². The van der Waals surface area contributed by atoms with Gasteiger partial charge in [-0.1, -0.05) is 6.07 Å². The fraction of sp³-hybridized carbons (Fsp3) is 0.571. The van der Waals surface area contributed by atoms with Gasteiger partial charge in [0.25, 0.3) is 0 Å². The van der Waals surface area contributed by atoms with Crippen molar-refractivity contribution >= 4 is 0 Å². The largest absolute Gasteiger partial charge is 0.419 e. The third-order valence-corrected chi connectivity index (χ3v) is 3.52. The van der Waals surface area contributed by atoms with Crippen LogP contribution in [0.2, 0.25) is 0 Å². The van der Waals surface area contributed by atoms with Crippen molar-refractivity contribution < 1.29 is 22.3 Å². The molecule has 1 aliphatic rings. The van der Waals surface area contributed by atoms with E-state index in [1.54, 1.807) is 0 Å². The Balaban J connectivity index is 2.06. The molecule has 1 aromatic rings. The van der Waals surface area contributed by atoms with Crippen molar-refractivity contribution in [2.45, 2.75) is 44.0 Å². The molecule has 2 unspecified atom stereocenters. The monoisotopic (exact) mass is 291 g/mol. The maximum absolute atomic E-state index is 13.5. The summed E-state index contributed by atoms with van der Waals surface area (Å²) in [4.78, 5) is 0. The number of hydrogen-bond donors (Lipinski definition) is 1. The zero-order chi connectivity index (χ0) is 14.8. The number of ether oxygens (including phenoxy) is 1. The summed E-state index contributed by atoms with van der Waals surface area (Å²) in [6, 6.07) is 2.33. The van der Waals surface area contributed by atoms with Crippen molar-refractivity contribution in [2.24, 2.45) is 5.73 Å². The van der Waals surface area contributed by atoms with Gasteiger partial charge in [-0.05, 0) is 43.4 Å². The molecule has 0 radical (unpaired) electrons. The lowest BCUT2D eigenvalue weighted by Gasteiger charge is -2.25. The quantitative estimate of drug-likeness (QED) is 0.860. The van der Waals surface area contributed by atoms with E-state index in [1.807, 2.05) is 0 Å². The zero-order valence-electron chi connectivity index (χ0n) is 10.9. The van der Waals surface area contributed by atoms with Gasteiger partial charge < -0.3 is 10.5 Å². The minimum absolute atomic E-state index is 0.00380. The molecule has 2 rings (SSSR count). The number of alkyl halides is 3. The Kier molecular flexibility index (Phi) is 4.65. The lowest BCUT2D eigenvalue weighted by atomic mass is 9.96. The van der Waals surface area contributed by atoms with E-state index < -0.39 is 23.6 Å². The minimum atomic E-state index is -4.68. The van der Waals surface area contributed by atoms with Crippen LogP contribution in [0.5, 0.6) is 0 Å². The predicted molar refractivity (Wildman–Crippen MR) is 66.5 cm³/mol. The SMILES string of the molecule is NC(CC1CCCCO1)c1ccc(C(F)(F)F)c(F)c1. The Morgan fingerprint density at radius 2 is 2.05 bits per heavy atom. The summed E-state index contributed by atoms with van der Waals surface area (Å²) < 4.78 is 56.4. The van der Waals surface area contributed by atoms with Gasteiger partial charge in [0, 0.05) is 12.6 Å². The predicted octanol–water partition coefficient (Wildman–Crippen LogP) is 3.80. The van der Waals surface area contributed by atoms with E-state index in [-0.39, 0.29) is 6.10 Å². The van der Waals surface area contributed by atoms with Crippen molar-refractivity contribution in [1.29, 1.82) is 0 Å². The Morgan fingerprint density at radius 3 is 2.60 bits per heavy atom. The van der Waals surface area contributed by atoms with Crippen LogP contribution in [-0.2, 0) is 10.9 Å². The van der Waals surface area contributed by atoms with E-state index in [0.717, 1.165) is 31.4 Å². The number of benzene rings is 1. The van der Waals surface area contributed by atoms with E-state index in [2.05, 4.69) is 0 Å². The number of nitrogens with two attached hydrogens (primary N) is 1. The summed E-state index contributed by atoms with van der Waals surface area (Å²) >= 11 is 0. The third kappa shape index (κ3) is 3.70. The Hall–Kier alpha value is -1.14. The van der Waals surface area contributed by atoms with Crippen molar-refractivity contribution in [1.82, 2.24) is 0 Å². The van der Waals surface area contributed by atoms with Gasteiger partial charge >= 0.3 is 6.18 Å². The van der Waals surface area contributed by atoms with Crippen LogP contribution in [0.1, 0.15) is 42.9 Å². The van der Waals surface area contributed by atoms with Gasteiger partial charge in [0.2, 0.25) is 0 Å². The maximum Gasteiger partial charge on any atom is 0.419 e. The number of hydrogen-bond acceptors (Lipinski definition) is 2. The second-order valence-electron chi connectivity index (χ2n) is 5.07. The van der Waals surface area contributed by atoms with Crippen LogP contribution >= 0.6 is 0 Å². The normalized spacial score (nSPS) is 21.8. The molecule has 0 spiro atoms. The molecule has 0 aliphatic carbocycles. The topological polar surface area (TPSA) is 35.2 Å². The van der Waals surface area contributed by atoms with E-state index in [4.69, 9.17) is 10.5 Å². The molecular formula is C14H17F4NO. The van der Waals surface area contributed by atoms with Gasteiger partial charge in [0.1, 0.15) is 5.82 Å². The molecule has 0 amide bonds. The Bertz CT molecular complexity index is 455. The molecule has 2 nitrogen and oxygen atoms in total. The summed E-state index contributed by atoms with van der Waals surface area (Å²) in [7, 11) is 0. The molecule has 1 aromatic carbocycles. The smallest absolute Gasteiger partial charge is 0.378 e. The molecule has 1 heterocycles. The first-order chi connectivity index (χ1) is 9.38. The van der Waals surface area contributed by atoms with E-state index >= 15 is 0 Å². The highest BCUT2D eigenvalue weighted by molar-refractivity contribution is 5.28. The molecule has 0 bridgehead atoms. The first-order valence-corrected chi connectivity index (χ1v) is 6.62. The average molecular weight is 291 g/mol. The van der Waals surface area contributed by atoms with E-state index in [9.17, 15) is 17.6 Å². The van der Waals surface area contributed by atoms with Crippen molar-refractivity contribution in [3.8, 4) is 0 Å². The van der Waals surface area contributed by atoms with Crippen LogP contribution < -0.4 is 5.73 Å². The molecule has 2 N–H and O–H groups in total. The van der Waals surface area contributed by atoms with Gasteiger partial charge in [-0.2, -0.15) is 13.2 Å². The summed E-state index contributed by atoms with van der Waals surface area (Å²) in [5, 5.41) is 0. The summed E-state index contributed by atoms with van der Waals surface area (Å²) in [6.45, 7) is 0.679. The zero-order valence-corrected chi connectivity index (χ0v) is 10.9. The molecule has 6 heteroatoms. The van der Waals surface area contributed by atoms with E-state index in [0.29, 0.717) is 18.6 Å². The van der Waals surface area contributed by atoms with Crippen molar-refractivity contribution in [2.75, 3.05) is 6.61 Å². The second kappa shape index (κ2) is 6.10. The van der Waals surface area contributed by atoms with Crippen LogP contribution in [0.3, 0.4) is 0 Å². The minimum Gasteiger partial charge on any atom is -0.378 e. The lowest BCUT2D eigenvalue weighted by Crippen LogP contribution is -2.25. The molecule has 20 heavy (non-hydrogen) atoms. The molecule has 0 saturated carbocycles. The molecule has 112 valence electrons.